The largest absolute Gasteiger partial charge is 0.462 e. The molecule has 0 radical (unpaired) electrons. The first kappa shape index (κ1) is 20.4. The van der Waals surface area contributed by atoms with Crippen LogP contribution in [-0.2, 0) is 16.1 Å². The number of anilines is 1. The number of piperidine rings is 1. The van der Waals surface area contributed by atoms with Crippen molar-refractivity contribution in [3.63, 3.8) is 0 Å². The topological polar surface area (TPSA) is 58.6 Å². The SMILES string of the molecule is CCOC(=O)c1ccc(NC(=O)C2CCN(Cc3cccc(Cl)c3)CC2)cc1. The summed E-state index contributed by atoms with van der Waals surface area (Å²) in [6.07, 6.45) is 1.65. The van der Waals surface area contributed by atoms with Crippen molar-refractivity contribution < 1.29 is 14.3 Å². The van der Waals surface area contributed by atoms with Crippen LogP contribution >= 0.6 is 11.6 Å². The molecule has 6 heteroatoms. The lowest BCUT2D eigenvalue weighted by atomic mass is 9.95. The van der Waals surface area contributed by atoms with E-state index in [0.717, 1.165) is 37.5 Å². The molecule has 2 aromatic rings. The third-order valence-electron chi connectivity index (χ3n) is 4.92. The molecular weight excluding hydrogens is 376 g/mol. The number of halogens is 1. The number of carbonyl (C=O) groups is 2. The zero-order valence-electron chi connectivity index (χ0n) is 16.0. The van der Waals surface area contributed by atoms with Gasteiger partial charge in [0.15, 0.2) is 0 Å². The van der Waals surface area contributed by atoms with E-state index in [4.69, 9.17) is 16.3 Å². The van der Waals surface area contributed by atoms with Gasteiger partial charge in [0, 0.05) is 23.2 Å². The first-order valence-corrected chi connectivity index (χ1v) is 9.98. The highest BCUT2D eigenvalue weighted by Gasteiger charge is 2.25. The summed E-state index contributed by atoms with van der Waals surface area (Å²) < 4.78 is 4.96. The Bertz CT molecular complexity index is 815. The Morgan fingerprint density at radius 1 is 1.14 bits per heavy atom. The lowest BCUT2D eigenvalue weighted by Gasteiger charge is -2.31. The predicted octanol–water partition coefficient (Wildman–Crippen LogP) is 4.37. The van der Waals surface area contributed by atoms with Crippen LogP contribution in [0.4, 0.5) is 5.69 Å². The molecule has 1 fully saturated rings. The van der Waals surface area contributed by atoms with Gasteiger partial charge in [0.1, 0.15) is 0 Å². The molecule has 0 unspecified atom stereocenters. The molecular formula is C22H25ClN2O3. The van der Waals surface area contributed by atoms with Gasteiger partial charge >= 0.3 is 5.97 Å². The van der Waals surface area contributed by atoms with E-state index in [9.17, 15) is 9.59 Å². The summed E-state index contributed by atoms with van der Waals surface area (Å²) >= 11 is 6.05. The van der Waals surface area contributed by atoms with E-state index >= 15 is 0 Å². The van der Waals surface area contributed by atoms with Gasteiger partial charge in [0.2, 0.25) is 5.91 Å². The maximum absolute atomic E-state index is 12.6. The maximum Gasteiger partial charge on any atom is 0.338 e. The van der Waals surface area contributed by atoms with Gasteiger partial charge in [-0.3, -0.25) is 9.69 Å². The Kier molecular flexibility index (Phi) is 7.06. The number of hydrogen-bond donors (Lipinski definition) is 1. The van der Waals surface area contributed by atoms with Gasteiger partial charge in [-0.25, -0.2) is 4.79 Å². The van der Waals surface area contributed by atoms with E-state index in [-0.39, 0.29) is 17.8 Å². The molecule has 0 atom stereocenters. The normalized spacial score (nSPS) is 15.2. The summed E-state index contributed by atoms with van der Waals surface area (Å²) in [5.41, 5.74) is 2.37. The second-order valence-electron chi connectivity index (χ2n) is 6.97. The molecule has 0 bridgehead atoms. The van der Waals surface area contributed by atoms with Crippen molar-refractivity contribution in [1.82, 2.24) is 4.90 Å². The fourth-order valence-electron chi connectivity index (χ4n) is 3.40. The van der Waals surface area contributed by atoms with Gasteiger partial charge in [-0.1, -0.05) is 23.7 Å². The van der Waals surface area contributed by atoms with Crippen LogP contribution in [0.5, 0.6) is 0 Å². The highest BCUT2D eigenvalue weighted by Crippen LogP contribution is 2.22. The molecule has 148 valence electrons. The van der Waals surface area contributed by atoms with Gasteiger partial charge in [0.05, 0.1) is 12.2 Å². The van der Waals surface area contributed by atoms with Crippen molar-refractivity contribution in [2.75, 3.05) is 25.0 Å². The number of benzene rings is 2. The van der Waals surface area contributed by atoms with Crippen LogP contribution in [0.2, 0.25) is 5.02 Å². The average Bonchev–Trinajstić information content (AvgIpc) is 2.69. The van der Waals surface area contributed by atoms with Crippen molar-refractivity contribution >= 4 is 29.2 Å². The Morgan fingerprint density at radius 3 is 2.50 bits per heavy atom. The molecule has 2 aromatic carbocycles. The Labute approximate surface area is 170 Å². The molecule has 0 aliphatic carbocycles. The van der Waals surface area contributed by atoms with Crippen LogP contribution in [0.25, 0.3) is 0 Å². The fraction of sp³-hybridized carbons (Fsp3) is 0.364. The van der Waals surface area contributed by atoms with Gasteiger partial charge in [0.25, 0.3) is 0 Å². The summed E-state index contributed by atoms with van der Waals surface area (Å²) in [7, 11) is 0. The molecule has 1 amide bonds. The number of ether oxygens (including phenoxy) is 1. The summed E-state index contributed by atoms with van der Waals surface area (Å²) in [6, 6.07) is 14.7. The van der Waals surface area contributed by atoms with Crippen LogP contribution < -0.4 is 5.32 Å². The molecule has 1 aliphatic heterocycles. The number of amides is 1. The number of esters is 1. The van der Waals surface area contributed by atoms with E-state index in [0.29, 0.717) is 17.9 Å². The quantitative estimate of drug-likeness (QED) is 0.731. The number of carbonyl (C=O) groups excluding carboxylic acids is 2. The Hall–Kier alpha value is -2.37. The summed E-state index contributed by atoms with van der Waals surface area (Å²) in [5.74, 6) is -0.320. The van der Waals surface area contributed by atoms with Crippen molar-refractivity contribution in [2.24, 2.45) is 5.92 Å². The monoisotopic (exact) mass is 400 g/mol. The molecule has 0 spiro atoms. The van der Waals surface area contributed by atoms with Crippen molar-refractivity contribution in [3.05, 3.63) is 64.7 Å². The first-order chi connectivity index (χ1) is 13.5. The summed E-state index contributed by atoms with van der Waals surface area (Å²) in [5, 5.41) is 3.71. The molecule has 1 saturated heterocycles. The third-order valence-corrected chi connectivity index (χ3v) is 5.15. The minimum absolute atomic E-state index is 0.000319. The van der Waals surface area contributed by atoms with Crippen LogP contribution in [0.1, 0.15) is 35.7 Å². The number of nitrogens with zero attached hydrogens (tertiary/aromatic N) is 1. The number of likely N-dealkylation sites (tertiary alicyclic amines) is 1. The van der Waals surface area contributed by atoms with E-state index in [1.165, 1.54) is 5.56 Å². The number of hydrogen-bond acceptors (Lipinski definition) is 4. The summed E-state index contributed by atoms with van der Waals surface area (Å²) in [4.78, 5) is 26.6. The van der Waals surface area contributed by atoms with Crippen molar-refractivity contribution in [2.45, 2.75) is 26.3 Å². The lowest BCUT2D eigenvalue weighted by Crippen LogP contribution is -2.37. The zero-order chi connectivity index (χ0) is 19.9. The molecule has 0 saturated carbocycles. The second kappa shape index (κ2) is 9.71. The van der Waals surface area contributed by atoms with Crippen LogP contribution in [0.15, 0.2) is 48.5 Å². The lowest BCUT2D eigenvalue weighted by molar-refractivity contribution is -0.121. The van der Waals surface area contributed by atoms with E-state index in [2.05, 4.69) is 16.3 Å². The smallest absolute Gasteiger partial charge is 0.338 e. The highest BCUT2D eigenvalue weighted by atomic mass is 35.5. The first-order valence-electron chi connectivity index (χ1n) is 9.60. The molecule has 0 aromatic heterocycles. The second-order valence-corrected chi connectivity index (χ2v) is 7.40. The van der Waals surface area contributed by atoms with Crippen LogP contribution in [0.3, 0.4) is 0 Å². The standard InChI is InChI=1S/C22H25ClN2O3/c1-2-28-22(27)18-6-8-20(9-7-18)24-21(26)17-10-12-25(13-11-17)15-16-4-3-5-19(23)14-16/h3-9,14,17H,2,10-13,15H2,1H3,(H,24,26). The molecule has 28 heavy (non-hydrogen) atoms. The summed E-state index contributed by atoms with van der Waals surface area (Å²) in [6.45, 7) is 4.73. The average molecular weight is 401 g/mol. The maximum atomic E-state index is 12.6. The molecule has 1 aliphatic rings. The predicted molar refractivity (Wildman–Crippen MR) is 110 cm³/mol. The minimum atomic E-state index is -0.354. The highest BCUT2D eigenvalue weighted by molar-refractivity contribution is 6.30. The molecule has 5 nitrogen and oxygen atoms in total. The van der Waals surface area contributed by atoms with Gasteiger partial charge in [-0.2, -0.15) is 0 Å². The van der Waals surface area contributed by atoms with E-state index in [1.54, 1.807) is 31.2 Å². The number of rotatable bonds is 6. The third kappa shape index (κ3) is 5.57. The molecule has 1 N–H and O–H groups in total. The van der Waals surface area contributed by atoms with E-state index in [1.807, 2.05) is 18.2 Å². The molecule has 3 rings (SSSR count). The zero-order valence-corrected chi connectivity index (χ0v) is 16.7. The minimum Gasteiger partial charge on any atom is -0.462 e. The van der Waals surface area contributed by atoms with Crippen LogP contribution in [-0.4, -0.2) is 36.5 Å². The fourth-order valence-corrected chi connectivity index (χ4v) is 3.61. The van der Waals surface area contributed by atoms with Gasteiger partial charge in [-0.15, -0.1) is 0 Å². The van der Waals surface area contributed by atoms with Gasteiger partial charge in [-0.05, 0) is 74.8 Å². The van der Waals surface area contributed by atoms with Gasteiger partial charge < -0.3 is 10.1 Å². The van der Waals surface area contributed by atoms with Crippen LogP contribution in [0, 0.1) is 5.92 Å². The van der Waals surface area contributed by atoms with Crippen molar-refractivity contribution in [3.8, 4) is 0 Å². The van der Waals surface area contributed by atoms with E-state index < -0.39 is 0 Å². The Morgan fingerprint density at radius 2 is 1.86 bits per heavy atom. The number of nitrogens with one attached hydrogen (secondary N) is 1. The van der Waals surface area contributed by atoms with Crippen molar-refractivity contribution in [1.29, 1.82) is 0 Å². The Balaban J connectivity index is 1.48. The molecule has 1 heterocycles.